The molecular formula is C24H30N4O4. The molecule has 1 aliphatic carbocycles. The topological polar surface area (TPSA) is 101 Å². The zero-order chi connectivity index (χ0) is 22.8. The van der Waals surface area contributed by atoms with Crippen LogP contribution in [0.1, 0.15) is 44.1 Å². The fourth-order valence-electron chi connectivity index (χ4n) is 3.80. The molecule has 0 spiro atoms. The van der Waals surface area contributed by atoms with Gasteiger partial charge in [-0.1, -0.05) is 31.0 Å². The number of hydrogen-bond donors (Lipinski definition) is 2. The number of nitrogens with one attached hydrogen (secondary N) is 2. The van der Waals surface area contributed by atoms with Crippen LogP contribution in [-0.2, 0) is 20.9 Å². The molecule has 1 heterocycles. The third-order valence-corrected chi connectivity index (χ3v) is 5.55. The summed E-state index contributed by atoms with van der Waals surface area (Å²) in [4.78, 5) is 43.3. The quantitative estimate of drug-likeness (QED) is 0.594. The van der Waals surface area contributed by atoms with Crippen molar-refractivity contribution in [3.05, 3.63) is 54.2 Å². The maximum Gasteiger partial charge on any atom is 0.239 e. The van der Waals surface area contributed by atoms with Gasteiger partial charge in [-0.25, -0.2) is 4.98 Å². The average molecular weight is 439 g/mol. The van der Waals surface area contributed by atoms with Crippen LogP contribution in [0.4, 0.5) is 5.82 Å². The summed E-state index contributed by atoms with van der Waals surface area (Å²) in [5.74, 6) is 0.555. The molecule has 0 unspecified atom stereocenters. The Hall–Kier alpha value is -3.42. The lowest BCUT2D eigenvalue weighted by atomic mass is 10.1. The molecule has 1 aromatic carbocycles. The molecular weight excluding hydrogens is 408 g/mol. The van der Waals surface area contributed by atoms with Crippen LogP contribution in [-0.4, -0.2) is 47.3 Å². The van der Waals surface area contributed by atoms with Crippen molar-refractivity contribution in [1.82, 2.24) is 15.2 Å². The number of methoxy groups -OCH3 is 1. The van der Waals surface area contributed by atoms with Gasteiger partial charge in [-0.15, -0.1) is 0 Å². The molecule has 32 heavy (non-hydrogen) atoms. The largest absolute Gasteiger partial charge is 0.497 e. The Bertz CT molecular complexity index is 896. The van der Waals surface area contributed by atoms with Gasteiger partial charge in [0.2, 0.25) is 17.7 Å². The minimum absolute atomic E-state index is 0.00150. The van der Waals surface area contributed by atoms with Crippen molar-refractivity contribution in [2.45, 2.75) is 51.1 Å². The molecule has 0 atom stereocenters. The lowest BCUT2D eigenvalue weighted by molar-refractivity contribution is -0.139. The van der Waals surface area contributed by atoms with E-state index in [-0.39, 0.29) is 43.1 Å². The minimum Gasteiger partial charge on any atom is -0.497 e. The van der Waals surface area contributed by atoms with Gasteiger partial charge in [0.15, 0.2) is 0 Å². The van der Waals surface area contributed by atoms with Gasteiger partial charge in [0.25, 0.3) is 0 Å². The lowest BCUT2D eigenvalue weighted by Gasteiger charge is -2.28. The van der Waals surface area contributed by atoms with Crippen LogP contribution < -0.4 is 15.4 Å². The van der Waals surface area contributed by atoms with Crippen LogP contribution in [0, 0.1) is 0 Å². The summed E-state index contributed by atoms with van der Waals surface area (Å²) < 4.78 is 5.14. The number of amides is 3. The molecule has 8 nitrogen and oxygen atoms in total. The van der Waals surface area contributed by atoms with Crippen molar-refractivity contribution < 1.29 is 19.1 Å². The molecule has 0 saturated heterocycles. The van der Waals surface area contributed by atoms with Gasteiger partial charge in [-0.3, -0.25) is 14.4 Å². The number of pyridine rings is 1. The van der Waals surface area contributed by atoms with Gasteiger partial charge in [0, 0.05) is 31.6 Å². The third kappa shape index (κ3) is 7.08. The third-order valence-electron chi connectivity index (χ3n) is 5.55. The number of ether oxygens (including phenoxy) is 1. The van der Waals surface area contributed by atoms with Crippen LogP contribution in [0.3, 0.4) is 0 Å². The summed E-state index contributed by atoms with van der Waals surface area (Å²) in [6, 6.07) is 12.7. The van der Waals surface area contributed by atoms with Crippen molar-refractivity contribution in [2.24, 2.45) is 0 Å². The lowest BCUT2D eigenvalue weighted by Crippen LogP contribution is -2.45. The molecule has 3 amide bonds. The number of carbonyl (C=O) groups excluding carboxylic acids is 3. The molecule has 0 bridgehead atoms. The molecule has 170 valence electrons. The van der Waals surface area contributed by atoms with Crippen LogP contribution in [0.25, 0.3) is 0 Å². The second-order valence-electron chi connectivity index (χ2n) is 7.85. The highest BCUT2D eigenvalue weighted by Crippen LogP contribution is 2.24. The summed E-state index contributed by atoms with van der Waals surface area (Å²) in [6.45, 7) is 0.378. The van der Waals surface area contributed by atoms with E-state index in [1.54, 1.807) is 36.4 Å². The van der Waals surface area contributed by atoms with Crippen molar-refractivity contribution in [3.8, 4) is 5.75 Å². The molecule has 1 fully saturated rings. The van der Waals surface area contributed by atoms with E-state index in [0.717, 1.165) is 37.0 Å². The first kappa shape index (κ1) is 23.2. The predicted molar refractivity (Wildman–Crippen MR) is 121 cm³/mol. The van der Waals surface area contributed by atoms with E-state index in [9.17, 15) is 14.4 Å². The van der Waals surface area contributed by atoms with Crippen LogP contribution in [0.5, 0.6) is 5.75 Å². The number of anilines is 1. The monoisotopic (exact) mass is 438 g/mol. The van der Waals surface area contributed by atoms with Crippen molar-refractivity contribution >= 4 is 23.5 Å². The number of aromatic nitrogens is 1. The van der Waals surface area contributed by atoms with Gasteiger partial charge >= 0.3 is 0 Å². The maximum absolute atomic E-state index is 12.9. The molecule has 2 N–H and O–H groups in total. The van der Waals surface area contributed by atoms with E-state index in [0.29, 0.717) is 12.4 Å². The smallest absolute Gasteiger partial charge is 0.239 e. The molecule has 3 rings (SSSR count). The van der Waals surface area contributed by atoms with E-state index in [1.807, 2.05) is 24.3 Å². The Morgan fingerprint density at radius 3 is 2.44 bits per heavy atom. The van der Waals surface area contributed by atoms with E-state index in [4.69, 9.17) is 4.74 Å². The van der Waals surface area contributed by atoms with Crippen LogP contribution >= 0.6 is 0 Å². The second-order valence-corrected chi connectivity index (χ2v) is 7.85. The van der Waals surface area contributed by atoms with Gasteiger partial charge in [-0.05, 0) is 42.7 Å². The second kappa shape index (κ2) is 11.8. The van der Waals surface area contributed by atoms with Crippen molar-refractivity contribution in [2.75, 3.05) is 19.0 Å². The molecule has 2 aromatic rings. The zero-order valence-corrected chi connectivity index (χ0v) is 18.4. The standard InChI is InChI=1S/C24H30N4O4/c1-32-20-11-9-18(10-12-20)16-26-23(30)17-28(19-6-2-3-7-19)24(31)14-13-22(29)27-21-8-4-5-15-25-21/h4-5,8-12,15,19H,2-3,6-7,13-14,16-17H2,1H3,(H,26,30)(H,25,27,29). The number of hydrogen-bond acceptors (Lipinski definition) is 5. The van der Waals surface area contributed by atoms with Crippen LogP contribution in [0.15, 0.2) is 48.7 Å². The zero-order valence-electron chi connectivity index (χ0n) is 18.4. The number of rotatable bonds is 10. The molecule has 8 heteroatoms. The van der Waals surface area contributed by atoms with E-state index in [2.05, 4.69) is 15.6 Å². The first-order chi connectivity index (χ1) is 15.5. The molecule has 0 radical (unpaired) electrons. The van der Waals surface area contributed by atoms with Gasteiger partial charge in [-0.2, -0.15) is 0 Å². The summed E-state index contributed by atoms with van der Waals surface area (Å²) in [5.41, 5.74) is 0.948. The molecule has 1 saturated carbocycles. The molecule has 0 aliphatic heterocycles. The Morgan fingerprint density at radius 1 is 1.03 bits per heavy atom. The molecule has 1 aromatic heterocycles. The average Bonchev–Trinajstić information content (AvgIpc) is 3.35. The predicted octanol–water partition coefficient (Wildman–Crippen LogP) is 2.90. The summed E-state index contributed by atoms with van der Waals surface area (Å²) in [5, 5.41) is 5.57. The SMILES string of the molecule is COc1ccc(CNC(=O)CN(C(=O)CCC(=O)Nc2ccccn2)C2CCCC2)cc1. The number of carbonyl (C=O) groups is 3. The van der Waals surface area contributed by atoms with E-state index < -0.39 is 0 Å². The normalized spacial score (nSPS) is 13.4. The van der Waals surface area contributed by atoms with Gasteiger partial charge < -0.3 is 20.3 Å². The number of nitrogens with zero attached hydrogens (tertiary/aromatic N) is 2. The maximum atomic E-state index is 12.9. The fourth-order valence-corrected chi connectivity index (χ4v) is 3.80. The Kier molecular flexibility index (Phi) is 8.60. The van der Waals surface area contributed by atoms with Crippen molar-refractivity contribution in [1.29, 1.82) is 0 Å². The Balaban J connectivity index is 1.51. The number of benzene rings is 1. The molecule has 1 aliphatic rings. The fraction of sp³-hybridized carbons (Fsp3) is 0.417. The highest BCUT2D eigenvalue weighted by atomic mass is 16.5. The minimum atomic E-state index is -0.271. The van der Waals surface area contributed by atoms with Crippen molar-refractivity contribution in [3.63, 3.8) is 0 Å². The summed E-state index contributed by atoms with van der Waals surface area (Å²) in [6.07, 6.45) is 5.56. The Labute approximate surface area is 188 Å². The highest BCUT2D eigenvalue weighted by Gasteiger charge is 2.28. The highest BCUT2D eigenvalue weighted by molar-refractivity contribution is 5.93. The Morgan fingerprint density at radius 2 is 1.78 bits per heavy atom. The van der Waals surface area contributed by atoms with Gasteiger partial charge in [0.1, 0.15) is 11.6 Å². The summed E-state index contributed by atoms with van der Waals surface area (Å²) >= 11 is 0. The summed E-state index contributed by atoms with van der Waals surface area (Å²) in [7, 11) is 1.60. The first-order valence-electron chi connectivity index (χ1n) is 10.9. The van der Waals surface area contributed by atoms with Crippen LogP contribution in [0.2, 0.25) is 0 Å². The van der Waals surface area contributed by atoms with E-state index >= 15 is 0 Å². The van der Waals surface area contributed by atoms with Gasteiger partial charge in [0.05, 0.1) is 13.7 Å². The first-order valence-corrected chi connectivity index (χ1v) is 10.9. The van der Waals surface area contributed by atoms with E-state index in [1.165, 1.54) is 0 Å².